The van der Waals surface area contributed by atoms with Crippen molar-refractivity contribution >= 4 is 17.6 Å². The first-order chi connectivity index (χ1) is 8.01. The SMILES string of the molecule is CCOC(=O)c1c(Cl)cc(C#N)nc1C(F)F. The largest absolute Gasteiger partial charge is 0.462 e. The first kappa shape index (κ1) is 13.3. The third kappa shape index (κ3) is 2.88. The lowest BCUT2D eigenvalue weighted by molar-refractivity contribution is 0.0513. The molecule has 1 rings (SSSR count). The molecule has 0 aliphatic carbocycles. The van der Waals surface area contributed by atoms with Crippen LogP contribution in [0.1, 0.15) is 35.1 Å². The van der Waals surface area contributed by atoms with Crippen LogP contribution in [-0.2, 0) is 4.74 Å². The zero-order valence-corrected chi connectivity index (χ0v) is 9.46. The predicted molar refractivity (Wildman–Crippen MR) is 54.9 cm³/mol. The molecule has 0 bridgehead atoms. The molecule has 1 aromatic heterocycles. The molecule has 0 atom stereocenters. The highest BCUT2D eigenvalue weighted by Crippen LogP contribution is 2.28. The summed E-state index contributed by atoms with van der Waals surface area (Å²) in [6.45, 7) is 1.56. The van der Waals surface area contributed by atoms with Crippen LogP contribution in [0.25, 0.3) is 0 Å². The number of hydrogen-bond donors (Lipinski definition) is 0. The van der Waals surface area contributed by atoms with Crippen molar-refractivity contribution < 1.29 is 18.3 Å². The van der Waals surface area contributed by atoms with Gasteiger partial charge >= 0.3 is 5.97 Å². The van der Waals surface area contributed by atoms with E-state index in [4.69, 9.17) is 16.9 Å². The van der Waals surface area contributed by atoms with Gasteiger partial charge in [0.05, 0.1) is 11.6 Å². The van der Waals surface area contributed by atoms with Crippen molar-refractivity contribution in [2.75, 3.05) is 6.61 Å². The highest BCUT2D eigenvalue weighted by molar-refractivity contribution is 6.33. The number of rotatable bonds is 3. The third-order valence-electron chi connectivity index (χ3n) is 1.80. The van der Waals surface area contributed by atoms with E-state index >= 15 is 0 Å². The Morgan fingerprint density at radius 1 is 1.71 bits per heavy atom. The van der Waals surface area contributed by atoms with Gasteiger partial charge in [0.1, 0.15) is 23.0 Å². The van der Waals surface area contributed by atoms with E-state index in [1.165, 1.54) is 6.92 Å². The second kappa shape index (κ2) is 5.55. The van der Waals surface area contributed by atoms with Crippen LogP contribution < -0.4 is 0 Å². The highest BCUT2D eigenvalue weighted by Gasteiger charge is 2.25. The average molecular weight is 261 g/mol. The molecule has 90 valence electrons. The molecular formula is C10H7ClF2N2O2. The second-order valence-corrected chi connectivity index (χ2v) is 3.29. The van der Waals surface area contributed by atoms with Gasteiger partial charge < -0.3 is 4.74 Å². The molecule has 0 saturated heterocycles. The molecule has 4 nitrogen and oxygen atoms in total. The number of nitriles is 1. The summed E-state index contributed by atoms with van der Waals surface area (Å²) in [5.74, 6) is -0.982. The van der Waals surface area contributed by atoms with Gasteiger partial charge in [-0.25, -0.2) is 18.6 Å². The van der Waals surface area contributed by atoms with Crippen LogP contribution in [0.2, 0.25) is 5.02 Å². The van der Waals surface area contributed by atoms with Crippen molar-refractivity contribution in [2.24, 2.45) is 0 Å². The van der Waals surface area contributed by atoms with Gasteiger partial charge in [0, 0.05) is 0 Å². The topological polar surface area (TPSA) is 63.0 Å². The molecule has 0 radical (unpaired) electrons. The smallest absolute Gasteiger partial charge is 0.341 e. The number of alkyl halides is 2. The Balaban J connectivity index is 3.37. The molecule has 0 amide bonds. The van der Waals surface area contributed by atoms with Gasteiger partial charge in [-0.2, -0.15) is 5.26 Å². The van der Waals surface area contributed by atoms with E-state index in [2.05, 4.69) is 9.72 Å². The van der Waals surface area contributed by atoms with Crippen LogP contribution in [0.5, 0.6) is 0 Å². The molecule has 0 aliphatic heterocycles. The molecule has 0 N–H and O–H groups in total. The fourth-order valence-electron chi connectivity index (χ4n) is 1.15. The number of halogens is 3. The predicted octanol–water partition coefficient (Wildman–Crippen LogP) is 2.72. The maximum atomic E-state index is 12.7. The lowest BCUT2D eigenvalue weighted by Crippen LogP contribution is -2.12. The van der Waals surface area contributed by atoms with E-state index in [0.29, 0.717) is 0 Å². The Labute approximate surface area is 101 Å². The highest BCUT2D eigenvalue weighted by atomic mass is 35.5. The summed E-state index contributed by atoms with van der Waals surface area (Å²) in [5, 5.41) is 8.30. The van der Waals surface area contributed by atoms with Gasteiger partial charge in [-0.15, -0.1) is 0 Å². The van der Waals surface area contributed by atoms with Gasteiger partial charge in [-0.1, -0.05) is 11.6 Å². The first-order valence-electron chi connectivity index (χ1n) is 4.57. The van der Waals surface area contributed by atoms with Crippen molar-refractivity contribution in [3.8, 4) is 6.07 Å². The Bertz CT molecular complexity index is 486. The average Bonchev–Trinajstić information content (AvgIpc) is 2.27. The number of carbonyl (C=O) groups is 1. The van der Waals surface area contributed by atoms with E-state index in [0.717, 1.165) is 6.07 Å². The Kier molecular flexibility index (Phi) is 4.35. The number of hydrogen-bond acceptors (Lipinski definition) is 4. The summed E-state index contributed by atoms with van der Waals surface area (Å²) in [6, 6.07) is 2.62. The molecule has 1 heterocycles. The van der Waals surface area contributed by atoms with Crippen molar-refractivity contribution in [3.63, 3.8) is 0 Å². The van der Waals surface area contributed by atoms with Gasteiger partial charge in [0.25, 0.3) is 6.43 Å². The van der Waals surface area contributed by atoms with Crippen LogP contribution in [0.3, 0.4) is 0 Å². The third-order valence-corrected chi connectivity index (χ3v) is 2.10. The summed E-state index contributed by atoms with van der Waals surface area (Å²) in [4.78, 5) is 14.8. The zero-order chi connectivity index (χ0) is 13.0. The summed E-state index contributed by atoms with van der Waals surface area (Å²) >= 11 is 5.66. The van der Waals surface area contributed by atoms with Gasteiger partial charge in [0.15, 0.2) is 0 Å². The van der Waals surface area contributed by atoms with Gasteiger partial charge in [0.2, 0.25) is 0 Å². The zero-order valence-electron chi connectivity index (χ0n) is 8.71. The monoisotopic (exact) mass is 260 g/mol. The minimum absolute atomic E-state index is 0.0256. The van der Waals surface area contributed by atoms with Crippen LogP contribution in [0.4, 0.5) is 8.78 Å². The van der Waals surface area contributed by atoms with Crippen LogP contribution in [0, 0.1) is 11.3 Å². The van der Waals surface area contributed by atoms with Crippen LogP contribution >= 0.6 is 11.6 Å². The van der Waals surface area contributed by atoms with E-state index in [1.54, 1.807) is 6.07 Å². The van der Waals surface area contributed by atoms with Crippen molar-refractivity contribution in [3.05, 3.63) is 28.0 Å². The van der Waals surface area contributed by atoms with Crippen LogP contribution in [-0.4, -0.2) is 17.6 Å². The maximum Gasteiger partial charge on any atom is 0.341 e. The lowest BCUT2D eigenvalue weighted by atomic mass is 10.1. The van der Waals surface area contributed by atoms with E-state index < -0.39 is 23.7 Å². The molecular weight excluding hydrogens is 254 g/mol. The van der Waals surface area contributed by atoms with E-state index in [-0.39, 0.29) is 17.3 Å². The summed E-state index contributed by atoms with van der Waals surface area (Å²) < 4.78 is 30.0. The number of esters is 1. The molecule has 0 unspecified atom stereocenters. The molecule has 0 fully saturated rings. The number of pyridine rings is 1. The number of aromatic nitrogens is 1. The van der Waals surface area contributed by atoms with Crippen LogP contribution in [0.15, 0.2) is 6.07 Å². The summed E-state index contributed by atoms with van der Waals surface area (Å²) in [6.07, 6.45) is -3.01. The molecule has 7 heteroatoms. The standard InChI is InChI=1S/C10H7ClF2N2O2/c1-2-17-10(16)7-6(11)3-5(4-14)15-8(7)9(12)13/h3,9H,2H2,1H3. The normalized spacial score (nSPS) is 10.1. The molecule has 1 aromatic rings. The van der Waals surface area contributed by atoms with E-state index in [1.807, 2.05) is 0 Å². The quantitative estimate of drug-likeness (QED) is 0.784. The molecule has 0 aliphatic rings. The Morgan fingerprint density at radius 2 is 2.35 bits per heavy atom. The molecule has 0 spiro atoms. The second-order valence-electron chi connectivity index (χ2n) is 2.88. The minimum atomic E-state index is -3.01. The molecule has 0 aromatic carbocycles. The van der Waals surface area contributed by atoms with Gasteiger partial charge in [-0.3, -0.25) is 0 Å². The number of carbonyl (C=O) groups excluding carboxylic acids is 1. The van der Waals surface area contributed by atoms with Crippen molar-refractivity contribution in [1.82, 2.24) is 4.98 Å². The summed E-state index contributed by atoms with van der Waals surface area (Å²) in [5.41, 5.74) is -1.62. The minimum Gasteiger partial charge on any atom is -0.462 e. The Morgan fingerprint density at radius 3 is 2.82 bits per heavy atom. The fraction of sp³-hybridized carbons (Fsp3) is 0.300. The van der Waals surface area contributed by atoms with Crippen molar-refractivity contribution in [1.29, 1.82) is 5.26 Å². The maximum absolute atomic E-state index is 12.7. The molecule has 0 saturated carbocycles. The van der Waals surface area contributed by atoms with E-state index in [9.17, 15) is 13.6 Å². The molecule has 17 heavy (non-hydrogen) atoms. The number of nitrogens with zero attached hydrogens (tertiary/aromatic N) is 2. The lowest BCUT2D eigenvalue weighted by Gasteiger charge is -2.09. The van der Waals surface area contributed by atoms with Crippen molar-refractivity contribution in [2.45, 2.75) is 13.3 Å². The fourth-order valence-corrected chi connectivity index (χ4v) is 1.43. The Hall–Kier alpha value is -1.74. The summed E-state index contributed by atoms with van der Waals surface area (Å²) in [7, 11) is 0. The first-order valence-corrected chi connectivity index (χ1v) is 4.94. The number of ether oxygens (including phenoxy) is 1. The van der Waals surface area contributed by atoms with Gasteiger partial charge in [-0.05, 0) is 13.0 Å².